The third kappa shape index (κ3) is 5.81. The van der Waals surface area contributed by atoms with Gasteiger partial charge in [-0.05, 0) is 105 Å². The lowest BCUT2D eigenvalue weighted by Gasteiger charge is -2.25. The summed E-state index contributed by atoms with van der Waals surface area (Å²) in [6, 6.07) is 16.8. The number of nitrogens with zero attached hydrogens (tertiary/aromatic N) is 1. The first-order chi connectivity index (χ1) is 18.9. The number of carbonyl (C=O) groups excluding carboxylic acids is 1. The Kier molecular flexibility index (Phi) is 8.22. The van der Waals surface area contributed by atoms with Gasteiger partial charge in [0, 0.05) is 30.3 Å². The fraction of sp³-hybridized carbons (Fsp3) is 0.424. The van der Waals surface area contributed by atoms with Crippen molar-refractivity contribution in [3.63, 3.8) is 0 Å². The number of hydrogen-bond acceptors (Lipinski definition) is 5. The minimum Gasteiger partial charge on any atom is -0.493 e. The quantitative estimate of drug-likeness (QED) is 0.225. The van der Waals surface area contributed by atoms with Crippen LogP contribution in [0.4, 0.5) is 10.1 Å². The lowest BCUT2D eigenvalue weighted by Crippen LogP contribution is -2.30. The summed E-state index contributed by atoms with van der Waals surface area (Å²) in [6.45, 7) is 8.78. The molecule has 2 aliphatic rings. The molecule has 3 aromatic carbocycles. The van der Waals surface area contributed by atoms with E-state index in [0.717, 1.165) is 71.7 Å². The van der Waals surface area contributed by atoms with E-state index in [-0.39, 0.29) is 11.6 Å². The van der Waals surface area contributed by atoms with Gasteiger partial charge >= 0.3 is 0 Å². The molecule has 1 heterocycles. The van der Waals surface area contributed by atoms with Crippen LogP contribution in [0.5, 0.6) is 11.5 Å². The Morgan fingerprint density at radius 3 is 2.31 bits per heavy atom. The number of rotatable bonds is 10. The number of ketones is 1. The zero-order chi connectivity index (χ0) is 27.5. The maximum Gasteiger partial charge on any atom is 0.163 e. The van der Waals surface area contributed by atoms with E-state index in [1.54, 1.807) is 12.1 Å². The molecule has 1 aliphatic heterocycles. The monoisotopic (exact) mass is 530 g/mol. The molecule has 3 aromatic rings. The largest absolute Gasteiger partial charge is 0.493 e. The fourth-order valence-corrected chi connectivity index (χ4v) is 6.52. The summed E-state index contributed by atoms with van der Waals surface area (Å²) in [6.07, 6.45) is 3.90. The lowest BCUT2D eigenvalue weighted by atomic mass is 9.87. The van der Waals surface area contributed by atoms with Gasteiger partial charge in [0.2, 0.25) is 0 Å². The molecular formula is C33H39FN2O3. The van der Waals surface area contributed by atoms with Crippen molar-refractivity contribution in [2.24, 2.45) is 11.8 Å². The van der Waals surface area contributed by atoms with E-state index in [4.69, 9.17) is 15.2 Å². The molecule has 5 nitrogen and oxygen atoms in total. The number of hydrogen-bond donors (Lipinski definition) is 1. The summed E-state index contributed by atoms with van der Waals surface area (Å²) in [4.78, 5) is 15.6. The van der Waals surface area contributed by atoms with Gasteiger partial charge in [-0.1, -0.05) is 24.3 Å². The highest BCUT2D eigenvalue weighted by molar-refractivity contribution is 5.97. The van der Waals surface area contributed by atoms with Crippen LogP contribution in [-0.2, 0) is 6.54 Å². The molecule has 0 amide bonds. The average molecular weight is 531 g/mol. The highest BCUT2D eigenvalue weighted by Crippen LogP contribution is 2.46. The van der Waals surface area contributed by atoms with Gasteiger partial charge in [0.1, 0.15) is 17.3 Å². The van der Waals surface area contributed by atoms with Crippen LogP contribution >= 0.6 is 0 Å². The number of halogens is 1. The molecule has 5 rings (SSSR count). The molecule has 1 unspecified atom stereocenters. The molecule has 1 saturated carbocycles. The van der Waals surface area contributed by atoms with E-state index in [2.05, 4.69) is 17.0 Å². The van der Waals surface area contributed by atoms with Gasteiger partial charge in [-0.25, -0.2) is 4.39 Å². The maximum absolute atomic E-state index is 13.6. The van der Waals surface area contributed by atoms with Gasteiger partial charge in [-0.15, -0.1) is 0 Å². The zero-order valence-electron chi connectivity index (χ0n) is 23.2. The minimum atomic E-state index is -0.269. The summed E-state index contributed by atoms with van der Waals surface area (Å²) in [7, 11) is 0. The molecule has 6 heteroatoms. The third-order valence-electron chi connectivity index (χ3n) is 8.44. The number of nitrogen functional groups attached to an aromatic ring is 1. The number of likely N-dealkylation sites (tertiary alicyclic amines) is 1. The van der Waals surface area contributed by atoms with E-state index in [9.17, 15) is 9.18 Å². The molecule has 0 radical (unpaired) electrons. The van der Waals surface area contributed by atoms with Crippen molar-refractivity contribution in [1.29, 1.82) is 0 Å². The number of Topliss-reactive ketones (excluding diaryl/α,β-unsaturated/α-hetero) is 1. The smallest absolute Gasteiger partial charge is 0.163 e. The summed E-state index contributed by atoms with van der Waals surface area (Å²) >= 11 is 0. The number of carbonyl (C=O) groups is 1. The first-order valence-electron chi connectivity index (χ1n) is 14.2. The SMILES string of the molecule is CCOc1cc(CN2CC[C@H]3C(CC(=O)c4ccc(C)c(N)c4)CC[C@H]32)cc(OCC)c1-c1ccc(F)cc1. The number of anilines is 1. The summed E-state index contributed by atoms with van der Waals surface area (Å²) in [5, 5.41) is 0. The predicted molar refractivity (Wildman–Crippen MR) is 154 cm³/mol. The Morgan fingerprint density at radius 2 is 1.67 bits per heavy atom. The fourth-order valence-electron chi connectivity index (χ4n) is 6.52. The molecule has 0 aromatic heterocycles. The van der Waals surface area contributed by atoms with Gasteiger partial charge in [-0.2, -0.15) is 0 Å². The van der Waals surface area contributed by atoms with Crippen molar-refractivity contribution in [2.75, 3.05) is 25.5 Å². The Hall–Kier alpha value is -3.38. The molecule has 0 spiro atoms. The van der Waals surface area contributed by atoms with Crippen LogP contribution in [0.25, 0.3) is 11.1 Å². The standard InChI is InChI=1S/C33H39FN2O3/c1-4-38-31-16-22(17-32(39-5-2)33(31)23-8-11-26(34)12-9-23)20-36-15-14-27-24(10-13-29(27)36)19-30(37)25-7-6-21(3)28(35)18-25/h6-9,11-12,16-18,24,27,29H,4-5,10,13-15,19-20,35H2,1-3H3/t24?,27-,29+/m0/s1. The van der Waals surface area contributed by atoms with E-state index in [0.29, 0.717) is 43.2 Å². The van der Waals surface area contributed by atoms with Crippen molar-refractivity contribution in [1.82, 2.24) is 4.90 Å². The van der Waals surface area contributed by atoms with Crippen LogP contribution in [-0.4, -0.2) is 36.5 Å². The Bertz CT molecular complexity index is 1300. The summed E-state index contributed by atoms with van der Waals surface area (Å²) in [5.41, 5.74) is 11.3. The van der Waals surface area contributed by atoms with E-state index >= 15 is 0 Å². The summed E-state index contributed by atoms with van der Waals surface area (Å²) in [5.74, 6) is 2.39. The topological polar surface area (TPSA) is 64.8 Å². The summed E-state index contributed by atoms with van der Waals surface area (Å²) < 4.78 is 25.8. The first-order valence-corrected chi connectivity index (χ1v) is 14.2. The predicted octanol–water partition coefficient (Wildman–Crippen LogP) is 7.05. The number of fused-ring (bicyclic) bond motifs is 1. The number of benzene rings is 3. The Labute approximate surface area is 231 Å². The van der Waals surface area contributed by atoms with Gasteiger partial charge in [-0.3, -0.25) is 9.69 Å². The van der Waals surface area contributed by atoms with Crippen molar-refractivity contribution in [2.45, 2.75) is 59.0 Å². The van der Waals surface area contributed by atoms with Crippen molar-refractivity contribution < 1.29 is 18.7 Å². The molecule has 2 fully saturated rings. The molecular weight excluding hydrogens is 491 g/mol. The van der Waals surface area contributed by atoms with Gasteiger partial charge in [0.25, 0.3) is 0 Å². The maximum atomic E-state index is 13.6. The third-order valence-corrected chi connectivity index (χ3v) is 8.44. The molecule has 1 saturated heterocycles. The van der Waals surface area contributed by atoms with Crippen LogP contribution in [0.15, 0.2) is 54.6 Å². The number of ether oxygens (including phenoxy) is 2. The second-order valence-corrected chi connectivity index (χ2v) is 10.9. The second-order valence-electron chi connectivity index (χ2n) is 10.9. The molecule has 1 aliphatic carbocycles. The molecule has 3 atom stereocenters. The van der Waals surface area contributed by atoms with Crippen LogP contribution in [0, 0.1) is 24.6 Å². The van der Waals surface area contributed by atoms with Crippen LogP contribution in [0.2, 0.25) is 0 Å². The van der Waals surface area contributed by atoms with Crippen molar-refractivity contribution in [3.05, 3.63) is 77.1 Å². The van der Waals surface area contributed by atoms with Crippen molar-refractivity contribution >= 4 is 11.5 Å². The molecule has 0 bridgehead atoms. The first kappa shape index (κ1) is 27.2. The van der Waals surface area contributed by atoms with Crippen LogP contribution in [0.3, 0.4) is 0 Å². The number of nitrogens with two attached hydrogens (primary N) is 1. The Balaban J connectivity index is 1.32. The Morgan fingerprint density at radius 1 is 0.974 bits per heavy atom. The van der Waals surface area contributed by atoms with Gasteiger partial charge in [0.05, 0.1) is 18.8 Å². The second kappa shape index (κ2) is 11.8. The van der Waals surface area contributed by atoms with Gasteiger partial charge < -0.3 is 15.2 Å². The van der Waals surface area contributed by atoms with E-state index in [1.807, 2.05) is 39.0 Å². The highest BCUT2D eigenvalue weighted by atomic mass is 19.1. The molecule has 206 valence electrons. The van der Waals surface area contributed by atoms with E-state index in [1.165, 1.54) is 12.1 Å². The zero-order valence-corrected chi connectivity index (χ0v) is 23.2. The highest BCUT2D eigenvalue weighted by Gasteiger charge is 2.44. The average Bonchev–Trinajstić information content (AvgIpc) is 3.50. The number of aryl methyl sites for hydroxylation is 1. The van der Waals surface area contributed by atoms with Crippen LogP contribution in [0.1, 0.15) is 61.0 Å². The van der Waals surface area contributed by atoms with Crippen molar-refractivity contribution in [3.8, 4) is 22.6 Å². The normalized spacial score (nSPS) is 20.7. The molecule has 2 N–H and O–H groups in total. The molecule has 39 heavy (non-hydrogen) atoms. The minimum absolute atomic E-state index is 0.199. The van der Waals surface area contributed by atoms with Crippen LogP contribution < -0.4 is 15.2 Å². The lowest BCUT2D eigenvalue weighted by molar-refractivity contribution is 0.0949. The van der Waals surface area contributed by atoms with Gasteiger partial charge in [0.15, 0.2) is 5.78 Å². The van der Waals surface area contributed by atoms with E-state index < -0.39 is 0 Å².